The Labute approximate surface area is 150 Å². The lowest BCUT2D eigenvalue weighted by Crippen LogP contribution is -2.50. The minimum atomic E-state index is -0.420. The Balaban J connectivity index is 1.58. The van der Waals surface area contributed by atoms with Crippen molar-refractivity contribution >= 4 is 35.2 Å². The zero-order valence-electron chi connectivity index (χ0n) is 13.8. The molecule has 2 aliphatic rings. The number of carbonyl (C=O) groups excluding carboxylic acids is 4. The largest absolute Gasteiger partial charge is 0.339 e. The Hall–Kier alpha value is -2.41. The van der Waals surface area contributed by atoms with Gasteiger partial charge in [0.05, 0.1) is 11.1 Å². The third-order valence-electron chi connectivity index (χ3n) is 4.56. The Morgan fingerprint density at radius 2 is 1.60 bits per heavy atom. The highest BCUT2D eigenvalue weighted by Crippen LogP contribution is 2.26. The normalized spacial score (nSPS) is 17.1. The maximum absolute atomic E-state index is 12.3. The van der Waals surface area contributed by atoms with Crippen molar-refractivity contribution in [3.8, 4) is 0 Å². The van der Waals surface area contributed by atoms with E-state index in [1.807, 2.05) is 0 Å². The molecule has 25 heavy (non-hydrogen) atoms. The van der Waals surface area contributed by atoms with Crippen LogP contribution >= 0.6 is 11.6 Å². The molecule has 0 atom stereocenters. The Morgan fingerprint density at radius 1 is 1.00 bits per heavy atom. The van der Waals surface area contributed by atoms with Crippen LogP contribution < -0.4 is 0 Å². The zero-order chi connectivity index (χ0) is 18.1. The van der Waals surface area contributed by atoms with Crippen LogP contribution in [0.5, 0.6) is 0 Å². The van der Waals surface area contributed by atoms with Crippen LogP contribution in [0.4, 0.5) is 0 Å². The number of hydrogen-bond donors (Lipinski definition) is 0. The number of halogens is 1. The fraction of sp³-hybridized carbons (Fsp3) is 0.412. The van der Waals surface area contributed by atoms with Gasteiger partial charge in [-0.1, -0.05) is 11.6 Å². The second kappa shape index (κ2) is 6.84. The van der Waals surface area contributed by atoms with Gasteiger partial charge in [0, 0.05) is 51.1 Å². The molecule has 0 bridgehead atoms. The second-order valence-electron chi connectivity index (χ2n) is 6.09. The molecule has 1 aromatic rings. The van der Waals surface area contributed by atoms with Gasteiger partial charge in [-0.05, 0) is 18.2 Å². The SMILES string of the molecule is CC(=O)N1CCN(C(=O)CCN2C(=O)c3ccc(Cl)cc3C2=O)CC1. The molecule has 0 N–H and O–H groups in total. The van der Waals surface area contributed by atoms with Gasteiger partial charge in [0.25, 0.3) is 11.8 Å². The highest BCUT2D eigenvalue weighted by Gasteiger charge is 2.36. The molecule has 132 valence electrons. The van der Waals surface area contributed by atoms with E-state index in [4.69, 9.17) is 11.6 Å². The van der Waals surface area contributed by atoms with Crippen LogP contribution in [-0.4, -0.2) is 71.1 Å². The van der Waals surface area contributed by atoms with Gasteiger partial charge in [-0.2, -0.15) is 0 Å². The number of fused-ring (bicyclic) bond motifs is 1. The van der Waals surface area contributed by atoms with E-state index in [1.54, 1.807) is 15.9 Å². The van der Waals surface area contributed by atoms with Crippen molar-refractivity contribution in [1.29, 1.82) is 0 Å². The summed E-state index contributed by atoms with van der Waals surface area (Å²) in [4.78, 5) is 52.7. The second-order valence-corrected chi connectivity index (χ2v) is 6.53. The average molecular weight is 364 g/mol. The van der Waals surface area contributed by atoms with Crippen LogP contribution in [0.3, 0.4) is 0 Å². The highest BCUT2D eigenvalue weighted by molar-refractivity contribution is 6.32. The lowest BCUT2D eigenvalue weighted by atomic mass is 10.1. The van der Waals surface area contributed by atoms with Crippen LogP contribution in [0.1, 0.15) is 34.1 Å². The number of piperazine rings is 1. The first kappa shape index (κ1) is 17.4. The van der Waals surface area contributed by atoms with Crippen molar-refractivity contribution in [2.45, 2.75) is 13.3 Å². The standard InChI is InChI=1S/C17H18ClN3O4/c1-11(22)19-6-8-20(9-7-19)15(23)4-5-21-16(24)13-3-2-12(18)10-14(13)17(21)25/h2-3,10H,4-9H2,1H3. The molecule has 0 radical (unpaired) electrons. The van der Waals surface area contributed by atoms with Gasteiger partial charge in [-0.15, -0.1) is 0 Å². The third-order valence-corrected chi connectivity index (χ3v) is 4.79. The molecule has 2 heterocycles. The van der Waals surface area contributed by atoms with E-state index in [0.717, 1.165) is 4.90 Å². The van der Waals surface area contributed by atoms with Gasteiger partial charge >= 0.3 is 0 Å². The molecule has 1 saturated heterocycles. The van der Waals surface area contributed by atoms with Gasteiger partial charge in [-0.25, -0.2) is 0 Å². The number of imide groups is 1. The van der Waals surface area contributed by atoms with E-state index < -0.39 is 11.8 Å². The summed E-state index contributed by atoms with van der Waals surface area (Å²) in [5.41, 5.74) is 0.594. The number of hydrogen-bond acceptors (Lipinski definition) is 4. The minimum absolute atomic E-state index is 0.00298. The highest BCUT2D eigenvalue weighted by atomic mass is 35.5. The van der Waals surface area contributed by atoms with Crippen molar-refractivity contribution in [3.63, 3.8) is 0 Å². The molecule has 3 rings (SSSR count). The van der Waals surface area contributed by atoms with Crippen LogP contribution in [0.2, 0.25) is 5.02 Å². The summed E-state index contributed by atoms with van der Waals surface area (Å²) in [7, 11) is 0. The van der Waals surface area contributed by atoms with Crippen molar-refractivity contribution in [2.24, 2.45) is 0 Å². The molecule has 0 aliphatic carbocycles. The van der Waals surface area contributed by atoms with Crippen LogP contribution in [-0.2, 0) is 9.59 Å². The summed E-state index contributed by atoms with van der Waals surface area (Å²) in [6, 6.07) is 4.56. The number of amides is 4. The van der Waals surface area contributed by atoms with E-state index in [1.165, 1.54) is 19.1 Å². The van der Waals surface area contributed by atoms with E-state index in [-0.39, 0.29) is 30.3 Å². The van der Waals surface area contributed by atoms with Gasteiger partial charge in [0.1, 0.15) is 0 Å². The van der Waals surface area contributed by atoms with Crippen molar-refractivity contribution in [1.82, 2.24) is 14.7 Å². The Bertz CT molecular complexity index is 756. The molecule has 0 spiro atoms. The molecule has 1 fully saturated rings. The molecule has 7 nitrogen and oxygen atoms in total. The molecule has 0 aromatic heterocycles. The quantitative estimate of drug-likeness (QED) is 0.751. The minimum Gasteiger partial charge on any atom is -0.339 e. The molecule has 0 saturated carbocycles. The number of benzene rings is 1. The topological polar surface area (TPSA) is 78.0 Å². The van der Waals surface area contributed by atoms with E-state index in [0.29, 0.717) is 36.8 Å². The summed E-state index contributed by atoms with van der Waals surface area (Å²) in [6.07, 6.45) is 0.0687. The van der Waals surface area contributed by atoms with Gasteiger partial charge < -0.3 is 9.80 Å². The lowest BCUT2D eigenvalue weighted by molar-refractivity contribution is -0.138. The van der Waals surface area contributed by atoms with Crippen molar-refractivity contribution in [3.05, 3.63) is 34.3 Å². The third kappa shape index (κ3) is 3.37. The van der Waals surface area contributed by atoms with E-state index in [9.17, 15) is 19.2 Å². The Kier molecular flexibility index (Phi) is 4.76. The predicted octanol–water partition coefficient (Wildman–Crippen LogP) is 1.02. The fourth-order valence-electron chi connectivity index (χ4n) is 3.10. The van der Waals surface area contributed by atoms with Crippen LogP contribution in [0, 0.1) is 0 Å². The molecular formula is C17H18ClN3O4. The first-order chi connectivity index (χ1) is 11.9. The Morgan fingerprint density at radius 3 is 2.24 bits per heavy atom. The average Bonchev–Trinajstić information content (AvgIpc) is 2.83. The van der Waals surface area contributed by atoms with Gasteiger partial charge in [0.15, 0.2) is 0 Å². The summed E-state index contributed by atoms with van der Waals surface area (Å²) < 4.78 is 0. The monoisotopic (exact) mass is 363 g/mol. The summed E-state index contributed by atoms with van der Waals surface area (Å²) in [5, 5.41) is 0.390. The first-order valence-corrected chi connectivity index (χ1v) is 8.45. The maximum Gasteiger partial charge on any atom is 0.261 e. The summed E-state index contributed by atoms with van der Waals surface area (Å²) >= 11 is 5.88. The fourth-order valence-corrected chi connectivity index (χ4v) is 3.27. The molecule has 2 aliphatic heterocycles. The summed E-state index contributed by atoms with van der Waals surface area (Å²) in [6.45, 7) is 3.49. The molecule has 1 aromatic carbocycles. The van der Waals surface area contributed by atoms with E-state index in [2.05, 4.69) is 0 Å². The molecular weight excluding hydrogens is 346 g/mol. The lowest BCUT2D eigenvalue weighted by Gasteiger charge is -2.34. The van der Waals surface area contributed by atoms with Crippen molar-refractivity contribution in [2.75, 3.05) is 32.7 Å². The zero-order valence-corrected chi connectivity index (χ0v) is 14.6. The molecule has 0 unspecified atom stereocenters. The maximum atomic E-state index is 12.3. The van der Waals surface area contributed by atoms with Crippen molar-refractivity contribution < 1.29 is 19.2 Å². The number of nitrogens with zero attached hydrogens (tertiary/aromatic N) is 3. The van der Waals surface area contributed by atoms with Gasteiger partial charge in [-0.3, -0.25) is 24.1 Å². The number of carbonyl (C=O) groups is 4. The predicted molar refractivity (Wildman–Crippen MR) is 90.3 cm³/mol. The first-order valence-electron chi connectivity index (χ1n) is 8.07. The molecule has 4 amide bonds. The van der Waals surface area contributed by atoms with Crippen LogP contribution in [0.15, 0.2) is 18.2 Å². The molecule has 8 heteroatoms. The number of rotatable bonds is 3. The van der Waals surface area contributed by atoms with Crippen LogP contribution in [0.25, 0.3) is 0 Å². The summed E-state index contributed by atoms with van der Waals surface area (Å²) in [5.74, 6) is -0.947. The van der Waals surface area contributed by atoms with E-state index >= 15 is 0 Å². The van der Waals surface area contributed by atoms with Gasteiger partial charge in [0.2, 0.25) is 11.8 Å². The smallest absolute Gasteiger partial charge is 0.261 e.